The summed E-state index contributed by atoms with van der Waals surface area (Å²) in [7, 11) is 1.91. The van der Waals surface area contributed by atoms with Crippen molar-refractivity contribution < 1.29 is 4.39 Å². The van der Waals surface area contributed by atoms with E-state index < -0.39 is 0 Å². The van der Waals surface area contributed by atoms with Crippen LogP contribution < -0.4 is 5.73 Å². The summed E-state index contributed by atoms with van der Waals surface area (Å²) in [6.45, 7) is 2.07. The quantitative estimate of drug-likeness (QED) is 0.938. The van der Waals surface area contributed by atoms with Gasteiger partial charge in [-0.1, -0.05) is 13.0 Å². The first-order valence-corrected chi connectivity index (χ1v) is 7.03. The summed E-state index contributed by atoms with van der Waals surface area (Å²) in [5.41, 5.74) is 9.04. The number of aryl methyl sites for hydroxylation is 2. The van der Waals surface area contributed by atoms with Crippen LogP contribution in [0, 0.1) is 5.82 Å². The Morgan fingerprint density at radius 1 is 1.42 bits per heavy atom. The minimum Gasteiger partial charge on any atom is -0.324 e. The fraction of sp³-hybridized carbons (Fsp3) is 0.357. The summed E-state index contributed by atoms with van der Waals surface area (Å²) in [4.78, 5) is 0. The summed E-state index contributed by atoms with van der Waals surface area (Å²) < 4.78 is 15.8. The molecule has 5 heteroatoms. The van der Waals surface area contributed by atoms with Gasteiger partial charge in [0.05, 0.1) is 10.2 Å². The second kappa shape index (κ2) is 5.84. The van der Waals surface area contributed by atoms with Crippen molar-refractivity contribution in [3.63, 3.8) is 0 Å². The maximum absolute atomic E-state index is 13.5. The number of rotatable bonds is 4. The van der Waals surface area contributed by atoms with Gasteiger partial charge in [0, 0.05) is 25.2 Å². The number of hydrogen-bond acceptors (Lipinski definition) is 2. The molecule has 1 heterocycles. The summed E-state index contributed by atoms with van der Waals surface area (Å²) >= 11 is 3.14. The van der Waals surface area contributed by atoms with Crippen molar-refractivity contribution in [3.05, 3.63) is 51.5 Å². The fourth-order valence-corrected chi connectivity index (χ4v) is 2.27. The van der Waals surface area contributed by atoms with Crippen LogP contribution in [0.15, 0.2) is 28.7 Å². The number of halogens is 2. The van der Waals surface area contributed by atoms with Crippen molar-refractivity contribution in [2.45, 2.75) is 25.8 Å². The predicted molar refractivity (Wildman–Crippen MR) is 77.3 cm³/mol. The second-order valence-electron chi connectivity index (χ2n) is 4.59. The highest BCUT2D eigenvalue weighted by atomic mass is 79.9. The van der Waals surface area contributed by atoms with Gasteiger partial charge in [0.1, 0.15) is 5.82 Å². The molecule has 0 aliphatic heterocycles. The lowest BCUT2D eigenvalue weighted by atomic mass is 10.0. The largest absolute Gasteiger partial charge is 0.324 e. The normalized spacial score (nSPS) is 12.7. The van der Waals surface area contributed by atoms with E-state index >= 15 is 0 Å². The van der Waals surface area contributed by atoms with Crippen molar-refractivity contribution in [1.29, 1.82) is 0 Å². The smallest absolute Gasteiger partial charge is 0.137 e. The van der Waals surface area contributed by atoms with E-state index in [2.05, 4.69) is 34.0 Å². The third kappa shape index (κ3) is 3.22. The van der Waals surface area contributed by atoms with Gasteiger partial charge < -0.3 is 5.73 Å². The van der Waals surface area contributed by atoms with E-state index in [1.165, 1.54) is 6.07 Å². The van der Waals surface area contributed by atoms with Crippen LogP contribution in [0.3, 0.4) is 0 Å². The molecule has 0 saturated carbocycles. The van der Waals surface area contributed by atoms with Crippen LogP contribution in [0.5, 0.6) is 0 Å². The number of aromatic nitrogens is 2. The molecule has 2 rings (SSSR count). The molecule has 19 heavy (non-hydrogen) atoms. The van der Waals surface area contributed by atoms with Gasteiger partial charge in [-0.2, -0.15) is 5.10 Å². The predicted octanol–water partition coefficient (Wildman–Crippen LogP) is 3.13. The second-order valence-corrected chi connectivity index (χ2v) is 5.44. The Labute approximate surface area is 120 Å². The molecular weight excluding hydrogens is 309 g/mol. The van der Waals surface area contributed by atoms with Crippen molar-refractivity contribution in [2.24, 2.45) is 12.8 Å². The molecule has 0 aliphatic rings. The van der Waals surface area contributed by atoms with Crippen LogP contribution in [0.25, 0.3) is 0 Å². The lowest BCUT2D eigenvalue weighted by Gasteiger charge is -2.12. The summed E-state index contributed by atoms with van der Waals surface area (Å²) in [5.74, 6) is -0.285. The Hall–Kier alpha value is -1.20. The Morgan fingerprint density at radius 2 is 2.16 bits per heavy atom. The molecule has 0 aliphatic carbocycles. The molecule has 0 radical (unpaired) electrons. The van der Waals surface area contributed by atoms with Crippen LogP contribution in [-0.4, -0.2) is 9.78 Å². The van der Waals surface area contributed by atoms with Gasteiger partial charge in [-0.3, -0.25) is 4.68 Å². The number of nitrogens with two attached hydrogens (primary N) is 1. The summed E-state index contributed by atoms with van der Waals surface area (Å²) in [5, 5.41) is 4.39. The number of hydrogen-bond donors (Lipinski definition) is 1. The molecular formula is C14H17BrFN3. The van der Waals surface area contributed by atoms with Gasteiger partial charge in [0.25, 0.3) is 0 Å². The monoisotopic (exact) mass is 325 g/mol. The van der Waals surface area contributed by atoms with E-state index in [0.29, 0.717) is 10.9 Å². The average molecular weight is 326 g/mol. The maximum atomic E-state index is 13.5. The Morgan fingerprint density at radius 3 is 2.74 bits per heavy atom. The standard InChI is InChI=1S/C14H17BrFN3/c1-3-10-7-11(19(2)18-10)8-14(17)9-4-5-12(15)13(16)6-9/h4-7,14H,3,8,17H2,1-2H3. The van der Waals surface area contributed by atoms with Crippen molar-refractivity contribution in [1.82, 2.24) is 9.78 Å². The summed E-state index contributed by atoms with van der Waals surface area (Å²) in [6.07, 6.45) is 1.54. The van der Waals surface area contributed by atoms with Gasteiger partial charge in [0.15, 0.2) is 0 Å². The SMILES string of the molecule is CCc1cc(CC(N)c2ccc(Br)c(F)c2)n(C)n1. The molecule has 0 amide bonds. The molecule has 0 spiro atoms. The molecule has 3 nitrogen and oxygen atoms in total. The van der Waals surface area contributed by atoms with Crippen LogP contribution in [0.1, 0.15) is 29.9 Å². The van der Waals surface area contributed by atoms with Crippen molar-refractivity contribution >= 4 is 15.9 Å². The van der Waals surface area contributed by atoms with E-state index in [-0.39, 0.29) is 11.9 Å². The lowest BCUT2D eigenvalue weighted by molar-refractivity contribution is 0.605. The molecule has 1 atom stereocenters. The molecule has 102 valence electrons. The molecule has 0 fully saturated rings. The van der Waals surface area contributed by atoms with Gasteiger partial charge in [-0.05, 0) is 46.1 Å². The van der Waals surface area contributed by atoms with Gasteiger partial charge in [-0.15, -0.1) is 0 Å². The minimum absolute atomic E-state index is 0.234. The van der Waals surface area contributed by atoms with Gasteiger partial charge in [-0.25, -0.2) is 4.39 Å². The van der Waals surface area contributed by atoms with Gasteiger partial charge >= 0.3 is 0 Å². The topological polar surface area (TPSA) is 43.8 Å². The van der Waals surface area contributed by atoms with Crippen LogP contribution in [-0.2, 0) is 19.9 Å². The number of nitrogens with zero attached hydrogens (tertiary/aromatic N) is 2. The third-order valence-electron chi connectivity index (χ3n) is 3.19. The molecule has 0 bridgehead atoms. The first-order chi connectivity index (χ1) is 9.01. The average Bonchev–Trinajstić information content (AvgIpc) is 2.73. The van der Waals surface area contributed by atoms with Crippen LogP contribution in [0.2, 0.25) is 0 Å². The molecule has 1 aromatic carbocycles. The van der Waals surface area contributed by atoms with Gasteiger partial charge in [0.2, 0.25) is 0 Å². The first kappa shape index (κ1) is 14.2. The zero-order valence-corrected chi connectivity index (χ0v) is 12.6. The molecule has 1 aromatic heterocycles. The van der Waals surface area contributed by atoms with E-state index in [0.717, 1.165) is 23.4 Å². The first-order valence-electron chi connectivity index (χ1n) is 6.23. The Balaban J connectivity index is 2.17. The van der Waals surface area contributed by atoms with E-state index in [9.17, 15) is 4.39 Å². The number of benzene rings is 1. The Kier molecular flexibility index (Phi) is 4.37. The van der Waals surface area contributed by atoms with Crippen molar-refractivity contribution in [2.75, 3.05) is 0 Å². The maximum Gasteiger partial charge on any atom is 0.137 e. The zero-order valence-electron chi connectivity index (χ0n) is 11.0. The molecule has 2 N–H and O–H groups in total. The van der Waals surface area contributed by atoms with Crippen molar-refractivity contribution in [3.8, 4) is 0 Å². The highest BCUT2D eigenvalue weighted by molar-refractivity contribution is 9.10. The lowest BCUT2D eigenvalue weighted by Crippen LogP contribution is -2.15. The fourth-order valence-electron chi connectivity index (χ4n) is 2.02. The minimum atomic E-state index is -0.285. The Bertz CT molecular complexity index is 580. The zero-order chi connectivity index (χ0) is 14.0. The third-order valence-corrected chi connectivity index (χ3v) is 3.83. The highest BCUT2D eigenvalue weighted by Gasteiger charge is 2.12. The molecule has 2 aromatic rings. The van der Waals surface area contributed by atoms with E-state index in [4.69, 9.17) is 5.73 Å². The van der Waals surface area contributed by atoms with Crippen LogP contribution >= 0.6 is 15.9 Å². The molecule has 1 unspecified atom stereocenters. The highest BCUT2D eigenvalue weighted by Crippen LogP contribution is 2.22. The van der Waals surface area contributed by atoms with Crippen LogP contribution in [0.4, 0.5) is 4.39 Å². The summed E-state index contributed by atoms with van der Waals surface area (Å²) in [6, 6.07) is 6.82. The molecule has 0 saturated heterocycles. The van der Waals surface area contributed by atoms with E-state index in [1.54, 1.807) is 6.07 Å². The van der Waals surface area contributed by atoms with E-state index in [1.807, 2.05) is 17.8 Å².